The van der Waals surface area contributed by atoms with E-state index in [-0.39, 0.29) is 17.1 Å². The third kappa shape index (κ3) is 13.1. The Morgan fingerprint density at radius 1 is 0.929 bits per heavy atom. The molecule has 0 heterocycles. The van der Waals surface area contributed by atoms with Gasteiger partial charge in [0.2, 0.25) is 0 Å². The minimum atomic E-state index is 0. The number of nitrogens with one attached hydrogen (secondary N) is 1. The van der Waals surface area contributed by atoms with Gasteiger partial charge in [0.25, 0.3) is 0 Å². The van der Waals surface area contributed by atoms with Crippen LogP contribution in [0.1, 0.15) is 0 Å². The smallest absolute Gasteiger partial charge is 0 e. The molecule has 14 heavy (non-hydrogen) atoms. The molecule has 2 aromatic rings. The molecular weight excluding hydrogens is 218 g/mol. The van der Waals surface area contributed by atoms with Gasteiger partial charge in [0.15, 0.2) is 0 Å². The molecule has 0 amide bonds. The van der Waals surface area contributed by atoms with Crippen molar-refractivity contribution in [2.24, 2.45) is 0 Å². The molecule has 2 rings (SSSR count). The van der Waals surface area contributed by atoms with Crippen molar-refractivity contribution in [3.63, 3.8) is 0 Å². The first kappa shape index (κ1) is 15.0. The maximum Gasteiger partial charge on any atom is 0 e. The summed E-state index contributed by atoms with van der Waals surface area (Å²) in [5.74, 6) is 0. The van der Waals surface area contributed by atoms with Crippen LogP contribution in [-0.4, -0.2) is 0 Å². The van der Waals surface area contributed by atoms with Gasteiger partial charge in [0.05, 0.1) is 0 Å². The van der Waals surface area contributed by atoms with E-state index < -0.39 is 0 Å². The van der Waals surface area contributed by atoms with Crippen molar-refractivity contribution in [1.29, 1.82) is 5.53 Å². The maximum absolute atomic E-state index is 6.86. The van der Waals surface area contributed by atoms with Crippen LogP contribution in [0.4, 0.5) is 0 Å². The van der Waals surface area contributed by atoms with Crippen molar-refractivity contribution in [3.8, 4) is 0 Å². The topological polar surface area (TPSA) is 60.3 Å². The summed E-state index contributed by atoms with van der Waals surface area (Å²) in [5.41, 5.74) is 12.2. The van der Waals surface area contributed by atoms with E-state index >= 15 is 0 Å². The van der Waals surface area contributed by atoms with Crippen molar-refractivity contribution >= 4 is 0 Å². The molecule has 2 aromatic carbocycles. The van der Waals surface area contributed by atoms with Crippen LogP contribution < -0.4 is 0 Å². The molecule has 0 atom stereocenters. The fraction of sp³-hybridized carbons (Fsp3) is 0. The summed E-state index contributed by atoms with van der Waals surface area (Å²) in [6.07, 6.45) is 0. The normalized spacial score (nSPS) is 6.29. The minimum Gasteiger partial charge on any atom is -0.748 e. The van der Waals surface area contributed by atoms with E-state index in [1.165, 1.54) is 0 Å². The molecule has 1 N–H and O–H groups in total. The molecule has 0 saturated heterocycles. The van der Waals surface area contributed by atoms with Gasteiger partial charge < -0.3 is 30.3 Å². The van der Waals surface area contributed by atoms with Gasteiger partial charge in [0, 0.05) is 17.1 Å². The van der Waals surface area contributed by atoms with Crippen molar-refractivity contribution < 1.29 is 17.1 Å². The van der Waals surface area contributed by atoms with Gasteiger partial charge in [-0.2, -0.15) is 18.2 Å². The molecule has 0 saturated carbocycles. The molecular formula is C10H11FeN3-6. The van der Waals surface area contributed by atoms with E-state index in [2.05, 4.69) is 0 Å². The Balaban J connectivity index is 0. The summed E-state index contributed by atoms with van der Waals surface area (Å²) in [6.45, 7) is 0. The summed E-state index contributed by atoms with van der Waals surface area (Å²) >= 11 is 0. The van der Waals surface area contributed by atoms with Gasteiger partial charge in [-0.3, -0.25) is 0 Å². The summed E-state index contributed by atoms with van der Waals surface area (Å²) < 4.78 is 0. The third-order valence-corrected chi connectivity index (χ3v) is 1.11. The predicted octanol–water partition coefficient (Wildman–Crippen LogP) is 3.68. The molecule has 0 bridgehead atoms. The Hall–Kier alpha value is -1.47. The van der Waals surface area contributed by atoms with Crippen LogP contribution in [0.5, 0.6) is 0 Å². The Labute approximate surface area is 94.0 Å². The number of rotatable bonds is 0. The summed E-state index contributed by atoms with van der Waals surface area (Å²) in [4.78, 5) is 1.75. The van der Waals surface area contributed by atoms with E-state index in [4.69, 9.17) is 11.1 Å². The molecule has 80 valence electrons. The first-order valence-corrected chi connectivity index (χ1v) is 3.76. The SMILES string of the molecule is [Fe].[N-]=[N+]=N.[cH-]1[cH-][cH-][cH-][cH-]1.c1cc[cH-]c1. The van der Waals surface area contributed by atoms with Crippen LogP contribution in [0.3, 0.4) is 0 Å². The second-order valence-corrected chi connectivity index (χ2v) is 2.02. The Kier molecular flexibility index (Phi) is 15.1. The zero-order chi connectivity index (χ0) is 9.78. The molecule has 0 aliphatic carbocycles. The number of nitrogens with zero attached hydrogens (tertiary/aromatic N) is 2. The van der Waals surface area contributed by atoms with Crippen LogP contribution >= 0.6 is 0 Å². The quantitative estimate of drug-likeness (QED) is 0.235. The van der Waals surface area contributed by atoms with Crippen molar-refractivity contribution in [2.75, 3.05) is 0 Å². The van der Waals surface area contributed by atoms with Gasteiger partial charge in [-0.25, -0.2) is 12.1 Å². The number of hydrogen-bond acceptors (Lipinski definition) is 1. The second-order valence-electron chi connectivity index (χ2n) is 2.02. The average Bonchev–Trinajstić information content (AvgIpc) is 2.85. The van der Waals surface area contributed by atoms with Gasteiger partial charge in [-0.15, -0.1) is 5.53 Å². The monoisotopic (exact) mass is 229 g/mol. The summed E-state index contributed by atoms with van der Waals surface area (Å²) in [7, 11) is 0. The zero-order valence-corrected chi connectivity index (χ0v) is 8.63. The maximum atomic E-state index is 6.86. The predicted molar refractivity (Wildman–Crippen MR) is 53.5 cm³/mol. The van der Waals surface area contributed by atoms with Crippen LogP contribution in [0.2, 0.25) is 0 Å². The van der Waals surface area contributed by atoms with Gasteiger partial charge in [0.1, 0.15) is 0 Å². The molecule has 0 aliphatic rings. The van der Waals surface area contributed by atoms with E-state index in [9.17, 15) is 0 Å². The van der Waals surface area contributed by atoms with Crippen molar-refractivity contribution in [1.82, 2.24) is 0 Å². The summed E-state index contributed by atoms with van der Waals surface area (Å²) in [5, 5.41) is 0. The van der Waals surface area contributed by atoms with Gasteiger partial charge in [-0.1, -0.05) is 0 Å². The fourth-order valence-electron chi connectivity index (χ4n) is 0.642. The Morgan fingerprint density at radius 2 is 1.21 bits per heavy atom. The summed E-state index contributed by atoms with van der Waals surface area (Å²) in [6, 6.07) is 20.0. The Morgan fingerprint density at radius 3 is 1.36 bits per heavy atom. The zero-order valence-electron chi connectivity index (χ0n) is 7.52. The minimum absolute atomic E-state index is 0. The molecule has 0 unspecified atom stereocenters. The second kappa shape index (κ2) is 14.1. The standard InChI is InChI=1S/2C5H5.Fe.HN3/c2*1-2-4-5-3-1;;1-3-2/h2*1-5H;;1H/q-5;-1;;. The molecule has 0 aromatic heterocycles. The molecule has 0 spiro atoms. The molecule has 3 nitrogen and oxygen atoms in total. The van der Waals surface area contributed by atoms with Crippen LogP contribution in [-0.2, 0) is 17.1 Å². The van der Waals surface area contributed by atoms with Crippen LogP contribution in [0.25, 0.3) is 10.4 Å². The fourth-order valence-corrected chi connectivity index (χ4v) is 0.642. The molecule has 4 heteroatoms. The molecule has 0 radical (unpaired) electrons. The Bertz CT molecular complexity index is 220. The van der Waals surface area contributed by atoms with Gasteiger partial charge in [-0.05, 0) is 10.4 Å². The van der Waals surface area contributed by atoms with Crippen molar-refractivity contribution in [2.45, 2.75) is 0 Å². The van der Waals surface area contributed by atoms with Crippen molar-refractivity contribution in [3.05, 3.63) is 71.1 Å². The third-order valence-electron chi connectivity index (χ3n) is 1.11. The van der Waals surface area contributed by atoms with E-state index in [1.54, 1.807) is 4.91 Å². The van der Waals surface area contributed by atoms with E-state index in [0.29, 0.717) is 0 Å². The average molecular weight is 229 g/mol. The van der Waals surface area contributed by atoms with E-state index in [1.807, 2.05) is 60.7 Å². The first-order valence-electron chi connectivity index (χ1n) is 3.76. The number of hydrogen-bond donors (Lipinski definition) is 1. The van der Waals surface area contributed by atoms with Crippen LogP contribution in [0.15, 0.2) is 60.7 Å². The first-order chi connectivity index (χ1) is 6.41. The van der Waals surface area contributed by atoms with Gasteiger partial charge >= 0.3 is 0 Å². The van der Waals surface area contributed by atoms with E-state index in [0.717, 1.165) is 0 Å². The molecule has 0 fully saturated rings. The van der Waals surface area contributed by atoms with Crippen LogP contribution in [0, 0.1) is 5.53 Å². The largest absolute Gasteiger partial charge is 0.748 e. The molecule has 0 aliphatic heterocycles.